The topological polar surface area (TPSA) is 64.1 Å². The van der Waals surface area contributed by atoms with Gasteiger partial charge in [-0.1, -0.05) is 6.92 Å². The van der Waals surface area contributed by atoms with E-state index in [4.69, 9.17) is 4.74 Å². The first-order valence-corrected chi connectivity index (χ1v) is 8.35. The van der Waals surface area contributed by atoms with Crippen molar-refractivity contribution in [1.29, 1.82) is 0 Å². The maximum Gasteiger partial charge on any atom is 0.306 e. The minimum atomic E-state index is -0.114. The Kier molecular flexibility index (Phi) is 5.45. The number of carbonyl (C=O) groups excluding carboxylic acids is 1. The first-order valence-electron chi connectivity index (χ1n) is 7.36. The largest absolute Gasteiger partial charge is 0.469 e. The summed E-state index contributed by atoms with van der Waals surface area (Å²) in [5, 5.41) is 4.19. The lowest BCUT2D eigenvalue weighted by atomic mass is 10.1. The fourth-order valence-electron chi connectivity index (χ4n) is 2.08. The lowest BCUT2D eigenvalue weighted by Crippen LogP contribution is -2.13. The molecule has 1 aliphatic carbocycles. The second-order valence-electron chi connectivity index (χ2n) is 5.64. The number of nitrogens with zero attached hydrogens (tertiary/aromatic N) is 2. The van der Waals surface area contributed by atoms with Crippen LogP contribution in [0.1, 0.15) is 38.3 Å². The zero-order chi connectivity index (χ0) is 15.3. The van der Waals surface area contributed by atoms with E-state index in [9.17, 15) is 4.79 Å². The van der Waals surface area contributed by atoms with Gasteiger partial charge in [-0.2, -0.15) is 0 Å². The molecule has 5 nitrogen and oxygen atoms in total. The van der Waals surface area contributed by atoms with Gasteiger partial charge in [0.1, 0.15) is 5.03 Å². The van der Waals surface area contributed by atoms with Gasteiger partial charge in [0.2, 0.25) is 5.95 Å². The van der Waals surface area contributed by atoms with Crippen LogP contribution in [0.15, 0.2) is 11.1 Å². The minimum absolute atomic E-state index is 0.114. The Bertz CT molecular complexity index is 504. The van der Waals surface area contributed by atoms with Crippen molar-refractivity contribution in [2.75, 3.05) is 24.7 Å². The number of hydrogen-bond acceptors (Lipinski definition) is 6. The number of anilines is 1. The molecule has 0 saturated heterocycles. The molecule has 1 fully saturated rings. The van der Waals surface area contributed by atoms with Gasteiger partial charge in [-0.25, -0.2) is 9.97 Å². The molecule has 0 aromatic carbocycles. The molecule has 1 aromatic rings. The zero-order valence-corrected chi connectivity index (χ0v) is 13.8. The molecule has 0 bridgehead atoms. The summed E-state index contributed by atoms with van der Waals surface area (Å²) < 4.78 is 4.78. The van der Waals surface area contributed by atoms with E-state index < -0.39 is 0 Å². The third-order valence-electron chi connectivity index (χ3n) is 3.59. The molecule has 0 aliphatic heterocycles. The molecule has 0 radical (unpaired) electrons. The number of methoxy groups -OCH3 is 1. The average Bonchev–Trinajstić information content (AvgIpc) is 3.22. The summed E-state index contributed by atoms with van der Waals surface area (Å²) in [4.78, 5) is 20.3. The van der Waals surface area contributed by atoms with Crippen LogP contribution in [0, 0.1) is 12.3 Å². The van der Waals surface area contributed by atoms with Crippen molar-refractivity contribution in [2.24, 2.45) is 5.41 Å². The van der Waals surface area contributed by atoms with Crippen molar-refractivity contribution >= 4 is 23.7 Å². The Morgan fingerprint density at radius 2 is 2.24 bits per heavy atom. The molecule has 0 amide bonds. The lowest BCUT2D eigenvalue weighted by Gasteiger charge is -2.13. The fourth-order valence-corrected chi connectivity index (χ4v) is 3.33. The highest BCUT2D eigenvalue weighted by molar-refractivity contribution is 7.99. The maximum absolute atomic E-state index is 11.4. The van der Waals surface area contributed by atoms with Gasteiger partial charge in [0.15, 0.2) is 0 Å². The normalized spacial score (nSPS) is 15.6. The van der Waals surface area contributed by atoms with E-state index in [1.165, 1.54) is 7.11 Å². The van der Waals surface area contributed by atoms with E-state index in [0.29, 0.717) is 12.4 Å². The zero-order valence-electron chi connectivity index (χ0n) is 12.9. The average molecular weight is 309 g/mol. The Morgan fingerprint density at radius 1 is 1.48 bits per heavy atom. The third-order valence-corrected chi connectivity index (χ3v) is 4.86. The van der Waals surface area contributed by atoms with Gasteiger partial charge in [0, 0.05) is 18.0 Å². The van der Waals surface area contributed by atoms with E-state index in [2.05, 4.69) is 22.2 Å². The van der Waals surface area contributed by atoms with Crippen LogP contribution in [-0.2, 0) is 9.53 Å². The molecule has 1 saturated carbocycles. The Hall–Kier alpha value is -1.30. The number of esters is 1. The van der Waals surface area contributed by atoms with Gasteiger partial charge in [-0.3, -0.25) is 4.79 Å². The van der Waals surface area contributed by atoms with E-state index in [1.54, 1.807) is 11.8 Å². The maximum atomic E-state index is 11.4. The molecular weight excluding hydrogens is 286 g/mol. The Morgan fingerprint density at radius 3 is 2.86 bits per heavy atom. The standard InChI is InChI=1S/C15H23N3O2S/c1-4-7-16-14-17-11(2)8-12(18-14)21-10-15(5-6-15)9-13(19)20-3/h8H,4-7,9-10H2,1-3H3,(H,16,17,18). The third kappa shape index (κ3) is 4.88. The van der Waals surface area contributed by atoms with Crippen LogP contribution in [0.2, 0.25) is 0 Å². The minimum Gasteiger partial charge on any atom is -0.469 e. The van der Waals surface area contributed by atoms with Crippen LogP contribution in [0.5, 0.6) is 0 Å². The number of nitrogens with one attached hydrogen (secondary N) is 1. The molecular formula is C15H23N3O2S. The summed E-state index contributed by atoms with van der Waals surface area (Å²) in [5.74, 6) is 1.49. The van der Waals surface area contributed by atoms with Gasteiger partial charge >= 0.3 is 5.97 Å². The first kappa shape index (κ1) is 16.1. The van der Waals surface area contributed by atoms with Gasteiger partial charge in [0.05, 0.1) is 13.5 Å². The molecule has 0 spiro atoms. The molecule has 21 heavy (non-hydrogen) atoms. The van der Waals surface area contributed by atoms with Crippen molar-refractivity contribution in [3.63, 3.8) is 0 Å². The summed E-state index contributed by atoms with van der Waals surface area (Å²) in [6.07, 6.45) is 3.75. The fraction of sp³-hybridized carbons (Fsp3) is 0.667. The summed E-state index contributed by atoms with van der Waals surface area (Å²) in [6.45, 7) is 4.96. The van der Waals surface area contributed by atoms with Crippen LogP contribution in [0.25, 0.3) is 0 Å². The number of aryl methyl sites for hydroxylation is 1. The Balaban J connectivity index is 1.93. The first-order chi connectivity index (χ1) is 10.1. The second kappa shape index (κ2) is 7.11. The van der Waals surface area contributed by atoms with E-state index in [0.717, 1.165) is 42.3 Å². The number of aromatic nitrogens is 2. The highest BCUT2D eigenvalue weighted by Crippen LogP contribution is 2.52. The van der Waals surface area contributed by atoms with Crippen molar-refractivity contribution in [3.8, 4) is 0 Å². The monoisotopic (exact) mass is 309 g/mol. The number of rotatable bonds is 8. The van der Waals surface area contributed by atoms with Crippen molar-refractivity contribution < 1.29 is 9.53 Å². The summed E-state index contributed by atoms with van der Waals surface area (Å²) >= 11 is 1.71. The number of ether oxygens (including phenoxy) is 1. The molecule has 2 rings (SSSR count). The molecule has 1 N–H and O–H groups in total. The molecule has 6 heteroatoms. The molecule has 1 aromatic heterocycles. The van der Waals surface area contributed by atoms with Crippen LogP contribution in [0.4, 0.5) is 5.95 Å². The van der Waals surface area contributed by atoms with E-state index in [-0.39, 0.29) is 11.4 Å². The predicted octanol–water partition coefficient (Wildman–Crippen LogP) is 3.04. The second-order valence-corrected chi connectivity index (χ2v) is 6.64. The molecule has 0 atom stereocenters. The van der Waals surface area contributed by atoms with Gasteiger partial charge in [0.25, 0.3) is 0 Å². The highest BCUT2D eigenvalue weighted by atomic mass is 32.2. The van der Waals surface area contributed by atoms with Crippen LogP contribution >= 0.6 is 11.8 Å². The van der Waals surface area contributed by atoms with E-state index in [1.807, 2.05) is 13.0 Å². The number of carbonyl (C=O) groups is 1. The van der Waals surface area contributed by atoms with Crippen molar-refractivity contribution in [2.45, 2.75) is 44.6 Å². The quantitative estimate of drug-likeness (QED) is 0.452. The molecule has 0 unspecified atom stereocenters. The van der Waals surface area contributed by atoms with Gasteiger partial charge in [-0.15, -0.1) is 11.8 Å². The van der Waals surface area contributed by atoms with Crippen LogP contribution in [0.3, 0.4) is 0 Å². The van der Waals surface area contributed by atoms with Crippen LogP contribution in [-0.4, -0.2) is 35.3 Å². The Labute approximate surface area is 130 Å². The molecule has 1 heterocycles. The van der Waals surface area contributed by atoms with Crippen molar-refractivity contribution in [1.82, 2.24) is 9.97 Å². The molecule has 1 aliphatic rings. The van der Waals surface area contributed by atoms with Crippen molar-refractivity contribution in [3.05, 3.63) is 11.8 Å². The summed E-state index contributed by atoms with van der Waals surface area (Å²) in [7, 11) is 1.45. The van der Waals surface area contributed by atoms with E-state index >= 15 is 0 Å². The summed E-state index contributed by atoms with van der Waals surface area (Å²) in [6, 6.07) is 2.00. The number of hydrogen-bond donors (Lipinski definition) is 1. The highest BCUT2D eigenvalue weighted by Gasteiger charge is 2.44. The summed E-state index contributed by atoms with van der Waals surface area (Å²) in [5.41, 5.74) is 1.08. The number of thioether (sulfide) groups is 1. The SMILES string of the molecule is CCCNc1nc(C)cc(SCC2(CC(=O)OC)CC2)n1. The predicted molar refractivity (Wildman–Crippen MR) is 84.6 cm³/mol. The van der Waals surface area contributed by atoms with Gasteiger partial charge < -0.3 is 10.1 Å². The smallest absolute Gasteiger partial charge is 0.306 e. The lowest BCUT2D eigenvalue weighted by molar-refractivity contribution is -0.141. The van der Waals surface area contributed by atoms with Crippen LogP contribution < -0.4 is 5.32 Å². The molecule has 116 valence electrons. The van der Waals surface area contributed by atoms with Gasteiger partial charge in [-0.05, 0) is 37.7 Å².